The molecule has 0 aromatic heterocycles. The Labute approximate surface area is 89.6 Å². The molecule has 1 aliphatic heterocycles. The summed E-state index contributed by atoms with van der Waals surface area (Å²) in [5.41, 5.74) is -0.615. The summed E-state index contributed by atoms with van der Waals surface area (Å²) >= 11 is 0. The molecule has 0 amide bonds. The van der Waals surface area contributed by atoms with Crippen LogP contribution in [0.4, 0.5) is 8.78 Å². The maximum atomic E-state index is 13.2. The van der Waals surface area contributed by atoms with E-state index in [2.05, 4.69) is 0 Å². The van der Waals surface area contributed by atoms with E-state index >= 15 is 0 Å². The number of carboxylic acids is 1. The quantitative estimate of drug-likeness (QED) is 0.705. The standard InChI is InChI=1S/C9H7BF2O4/c11-5-3-4-1-2-10(15)16-8(4)6(7(5)12)9(13)14/h3,15H,1-2H2,(H,13,14). The van der Waals surface area contributed by atoms with Gasteiger partial charge >= 0.3 is 13.1 Å². The lowest BCUT2D eigenvalue weighted by Gasteiger charge is -2.21. The summed E-state index contributed by atoms with van der Waals surface area (Å²) in [6.45, 7) is 0. The molecule has 0 saturated carbocycles. The number of aryl methyl sites for hydroxylation is 1. The molecule has 1 aromatic carbocycles. The lowest BCUT2D eigenvalue weighted by Crippen LogP contribution is -2.28. The summed E-state index contributed by atoms with van der Waals surface area (Å²) in [5, 5.41) is 18.0. The van der Waals surface area contributed by atoms with Crippen LogP contribution >= 0.6 is 0 Å². The van der Waals surface area contributed by atoms with E-state index in [1.165, 1.54) is 0 Å². The van der Waals surface area contributed by atoms with Crippen molar-refractivity contribution in [2.75, 3.05) is 0 Å². The zero-order valence-electron chi connectivity index (χ0n) is 8.04. The van der Waals surface area contributed by atoms with Gasteiger partial charge in [-0.25, -0.2) is 13.6 Å². The highest BCUT2D eigenvalue weighted by molar-refractivity contribution is 6.44. The van der Waals surface area contributed by atoms with Crippen molar-refractivity contribution in [2.45, 2.75) is 12.7 Å². The van der Waals surface area contributed by atoms with Crippen LogP contribution in [0.1, 0.15) is 15.9 Å². The molecule has 0 bridgehead atoms. The molecule has 1 aliphatic rings. The second-order valence-corrected chi connectivity index (χ2v) is 3.45. The fourth-order valence-electron chi connectivity index (χ4n) is 1.65. The Hall–Kier alpha value is -1.63. The monoisotopic (exact) mass is 228 g/mol. The predicted molar refractivity (Wildman–Crippen MR) is 50.4 cm³/mol. The molecular formula is C9H7BF2O4. The number of benzene rings is 1. The lowest BCUT2D eigenvalue weighted by atomic mass is 9.78. The molecule has 7 heteroatoms. The zero-order valence-corrected chi connectivity index (χ0v) is 8.04. The molecule has 0 fully saturated rings. The summed E-state index contributed by atoms with van der Waals surface area (Å²) in [7, 11) is -1.18. The molecule has 1 heterocycles. The topological polar surface area (TPSA) is 66.8 Å². The second-order valence-electron chi connectivity index (χ2n) is 3.45. The molecule has 1 aromatic rings. The number of fused-ring (bicyclic) bond motifs is 1. The molecule has 0 saturated heterocycles. The van der Waals surface area contributed by atoms with Crippen molar-refractivity contribution < 1.29 is 28.4 Å². The van der Waals surface area contributed by atoms with Gasteiger partial charge in [0.05, 0.1) is 0 Å². The number of carbonyl (C=O) groups is 1. The molecule has 16 heavy (non-hydrogen) atoms. The maximum absolute atomic E-state index is 13.2. The van der Waals surface area contributed by atoms with E-state index in [0.29, 0.717) is 0 Å². The van der Waals surface area contributed by atoms with Crippen LogP contribution < -0.4 is 4.65 Å². The number of carboxylic acid groups (broad SMARTS) is 1. The van der Waals surface area contributed by atoms with Gasteiger partial charge in [-0.1, -0.05) is 0 Å². The van der Waals surface area contributed by atoms with E-state index < -0.39 is 30.3 Å². The Kier molecular flexibility index (Phi) is 2.55. The Balaban J connectivity index is 2.65. The smallest absolute Gasteiger partial charge is 0.522 e. The van der Waals surface area contributed by atoms with E-state index in [0.717, 1.165) is 6.07 Å². The van der Waals surface area contributed by atoms with Crippen LogP contribution in [0.15, 0.2) is 6.07 Å². The summed E-state index contributed by atoms with van der Waals surface area (Å²) in [6, 6.07) is 0.892. The highest BCUT2D eigenvalue weighted by atomic mass is 19.2. The molecule has 0 atom stereocenters. The fraction of sp³-hybridized carbons (Fsp3) is 0.222. The average Bonchev–Trinajstić information content (AvgIpc) is 2.20. The van der Waals surface area contributed by atoms with E-state index in [1.54, 1.807) is 0 Å². The number of hydrogen-bond donors (Lipinski definition) is 2. The molecular weight excluding hydrogens is 221 g/mol. The van der Waals surface area contributed by atoms with Crippen molar-refractivity contribution in [1.82, 2.24) is 0 Å². The van der Waals surface area contributed by atoms with Crippen molar-refractivity contribution in [2.24, 2.45) is 0 Å². The number of rotatable bonds is 1. The first kappa shape index (κ1) is 10.9. The van der Waals surface area contributed by atoms with Gasteiger partial charge in [0.1, 0.15) is 11.3 Å². The van der Waals surface area contributed by atoms with Crippen LogP contribution in [0.2, 0.25) is 6.32 Å². The van der Waals surface area contributed by atoms with Gasteiger partial charge in [-0.3, -0.25) is 0 Å². The van der Waals surface area contributed by atoms with Crippen molar-refractivity contribution >= 4 is 13.1 Å². The van der Waals surface area contributed by atoms with Crippen molar-refractivity contribution in [3.8, 4) is 5.75 Å². The second kappa shape index (κ2) is 3.75. The Morgan fingerprint density at radius 2 is 2.19 bits per heavy atom. The maximum Gasteiger partial charge on any atom is 0.522 e. The van der Waals surface area contributed by atoms with E-state index in [-0.39, 0.29) is 24.1 Å². The minimum absolute atomic E-state index is 0.219. The molecule has 0 spiro atoms. The molecule has 0 radical (unpaired) electrons. The molecule has 4 nitrogen and oxygen atoms in total. The van der Waals surface area contributed by atoms with Crippen LogP contribution in [0, 0.1) is 11.6 Å². The highest BCUT2D eigenvalue weighted by Crippen LogP contribution is 2.33. The first-order valence-corrected chi connectivity index (χ1v) is 4.59. The van der Waals surface area contributed by atoms with E-state index in [9.17, 15) is 18.6 Å². The Bertz CT molecular complexity index is 463. The molecule has 0 unspecified atom stereocenters. The summed E-state index contributed by atoms with van der Waals surface area (Å²) < 4.78 is 31.1. The largest absolute Gasteiger partial charge is 0.535 e. The Morgan fingerprint density at radius 1 is 1.50 bits per heavy atom. The van der Waals surface area contributed by atoms with Gasteiger partial charge in [0.2, 0.25) is 0 Å². The van der Waals surface area contributed by atoms with Crippen molar-refractivity contribution in [1.29, 1.82) is 0 Å². The molecule has 0 aliphatic carbocycles. The van der Waals surface area contributed by atoms with Gasteiger partial charge in [-0.15, -0.1) is 0 Å². The van der Waals surface area contributed by atoms with E-state index in [4.69, 9.17) is 9.76 Å². The minimum Gasteiger partial charge on any atom is -0.535 e. The number of aromatic carboxylic acids is 1. The molecule has 2 N–H and O–H groups in total. The van der Waals surface area contributed by atoms with Crippen molar-refractivity contribution in [3.63, 3.8) is 0 Å². The SMILES string of the molecule is O=C(O)c1c(F)c(F)cc2c1OB(O)CC2. The summed E-state index contributed by atoms with van der Waals surface area (Å²) in [6.07, 6.45) is 0.463. The first-order chi connectivity index (χ1) is 7.50. The average molecular weight is 228 g/mol. The summed E-state index contributed by atoms with van der Waals surface area (Å²) in [5.74, 6) is -4.61. The fourth-order valence-corrected chi connectivity index (χ4v) is 1.65. The third-order valence-electron chi connectivity index (χ3n) is 2.38. The van der Waals surface area contributed by atoms with Gasteiger partial charge in [-0.2, -0.15) is 0 Å². The van der Waals surface area contributed by atoms with Crippen LogP contribution in [0.25, 0.3) is 0 Å². The molecule has 2 rings (SSSR count). The minimum atomic E-state index is -1.62. The third-order valence-corrected chi connectivity index (χ3v) is 2.38. The Morgan fingerprint density at radius 3 is 2.81 bits per heavy atom. The van der Waals surface area contributed by atoms with Crippen LogP contribution in [0.5, 0.6) is 5.75 Å². The van der Waals surface area contributed by atoms with Gasteiger partial charge in [-0.05, 0) is 24.4 Å². The lowest BCUT2D eigenvalue weighted by molar-refractivity contribution is 0.0687. The van der Waals surface area contributed by atoms with Crippen LogP contribution in [-0.2, 0) is 6.42 Å². The van der Waals surface area contributed by atoms with Gasteiger partial charge in [0.15, 0.2) is 11.6 Å². The third kappa shape index (κ3) is 1.63. The predicted octanol–water partition coefficient (Wildman–Crippen LogP) is 1.08. The zero-order chi connectivity index (χ0) is 11.9. The van der Waals surface area contributed by atoms with Gasteiger partial charge in [0, 0.05) is 0 Å². The van der Waals surface area contributed by atoms with Gasteiger partial charge < -0.3 is 14.8 Å². The number of hydrogen-bond acceptors (Lipinski definition) is 3. The molecule has 84 valence electrons. The first-order valence-electron chi connectivity index (χ1n) is 4.59. The van der Waals surface area contributed by atoms with Gasteiger partial charge in [0.25, 0.3) is 0 Å². The highest BCUT2D eigenvalue weighted by Gasteiger charge is 2.31. The van der Waals surface area contributed by atoms with Crippen LogP contribution in [-0.4, -0.2) is 23.2 Å². The number of halogens is 2. The van der Waals surface area contributed by atoms with Crippen molar-refractivity contribution in [3.05, 3.63) is 28.8 Å². The van der Waals surface area contributed by atoms with E-state index in [1.807, 2.05) is 0 Å². The normalized spacial score (nSPS) is 14.3. The summed E-state index contributed by atoms with van der Waals surface area (Å²) in [4.78, 5) is 10.8. The van der Waals surface area contributed by atoms with Crippen LogP contribution in [0.3, 0.4) is 0 Å².